The molecule has 8 heteroatoms. The molecule has 0 spiro atoms. The van der Waals surface area contributed by atoms with Crippen LogP contribution in [0, 0.1) is 11.6 Å². The van der Waals surface area contributed by atoms with Gasteiger partial charge in [0.25, 0.3) is 5.91 Å². The summed E-state index contributed by atoms with van der Waals surface area (Å²) in [6, 6.07) is 9.38. The third-order valence-corrected chi connectivity index (χ3v) is 5.38. The van der Waals surface area contributed by atoms with Gasteiger partial charge in [0.15, 0.2) is 11.6 Å². The molecule has 0 atom stereocenters. The van der Waals surface area contributed by atoms with Crippen molar-refractivity contribution >= 4 is 28.6 Å². The van der Waals surface area contributed by atoms with E-state index in [0.29, 0.717) is 30.1 Å². The molecule has 1 aromatic carbocycles. The highest BCUT2D eigenvalue weighted by molar-refractivity contribution is 7.17. The van der Waals surface area contributed by atoms with Crippen LogP contribution < -0.4 is 5.32 Å². The number of carbonyl (C=O) groups excluding carboxylic acids is 1. The average molecular weight is 398 g/mol. The van der Waals surface area contributed by atoms with Crippen molar-refractivity contribution in [1.29, 1.82) is 0 Å². The first-order valence-electron chi connectivity index (χ1n) is 8.60. The molecule has 2 aromatic heterocycles. The number of hydrogen-bond donors (Lipinski definition) is 1. The lowest BCUT2D eigenvalue weighted by Gasteiger charge is -2.22. The number of amides is 1. The number of carbonyl (C=O) groups is 1. The lowest BCUT2D eigenvalue weighted by molar-refractivity contribution is 0.0955. The summed E-state index contributed by atoms with van der Waals surface area (Å²) in [4.78, 5) is 23.2. The molecule has 0 aliphatic carbocycles. The van der Waals surface area contributed by atoms with E-state index in [0.717, 1.165) is 22.2 Å². The minimum Gasteiger partial charge on any atom is -0.354 e. The Bertz CT molecular complexity index is 1040. The van der Waals surface area contributed by atoms with Crippen LogP contribution in [0.25, 0.3) is 0 Å². The number of benzene rings is 1. The number of hydrogen-bond acceptors (Lipinski definition) is 5. The predicted molar refractivity (Wildman–Crippen MR) is 103 cm³/mol. The van der Waals surface area contributed by atoms with Crippen LogP contribution in [-0.2, 0) is 19.6 Å². The van der Waals surface area contributed by atoms with E-state index >= 15 is 0 Å². The zero-order valence-corrected chi connectivity index (χ0v) is 15.5. The minimum absolute atomic E-state index is 0.154. The molecule has 3 aromatic rings. The summed E-state index contributed by atoms with van der Waals surface area (Å²) in [5, 5.41) is 3.68. The van der Waals surface area contributed by atoms with Crippen molar-refractivity contribution in [2.45, 2.75) is 19.6 Å². The third kappa shape index (κ3) is 4.07. The van der Waals surface area contributed by atoms with E-state index in [1.807, 2.05) is 23.1 Å². The van der Waals surface area contributed by atoms with Gasteiger partial charge in [0.1, 0.15) is 5.00 Å². The van der Waals surface area contributed by atoms with E-state index in [2.05, 4.69) is 15.3 Å². The SMILES string of the molecule is O=C(NCc1ccncc1)c1cc2c(s1)N=CN(Cc1ccc(F)c(F)c1)C2. The fraction of sp³-hybridized carbons (Fsp3) is 0.150. The number of aliphatic imine (C=N–C) groups is 1. The van der Waals surface area contributed by atoms with E-state index in [1.54, 1.807) is 24.8 Å². The molecule has 0 bridgehead atoms. The van der Waals surface area contributed by atoms with Crippen LogP contribution >= 0.6 is 11.3 Å². The number of rotatable bonds is 5. The Hall–Kier alpha value is -3.13. The number of thiophene rings is 1. The molecule has 0 saturated carbocycles. The molecule has 1 aliphatic heterocycles. The monoisotopic (exact) mass is 398 g/mol. The van der Waals surface area contributed by atoms with Gasteiger partial charge in [-0.3, -0.25) is 9.78 Å². The maximum Gasteiger partial charge on any atom is 0.261 e. The number of nitrogens with one attached hydrogen (secondary N) is 1. The minimum atomic E-state index is -0.865. The molecule has 28 heavy (non-hydrogen) atoms. The van der Waals surface area contributed by atoms with E-state index in [1.165, 1.54) is 17.4 Å². The average Bonchev–Trinajstić information content (AvgIpc) is 3.13. The maximum absolute atomic E-state index is 13.4. The molecule has 5 nitrogen and oxygen atoms in total. The number of pyridine rings is 1. The fourth-order valence-corrected chi connectivity index (χ4v) is 3.82. The van der Waals surface area contributed by atoms with E-state index in [4.69, 9.17) is 0 Å². The normalized spacial score (nSPS) is 12.7. The van der Waals surface area contributed by atoms with Crippen LogP contribution in [0.4, 0.5) is 13.8 Å². The van der Waals surface area contributed by atoms with E-state index in [9.17, 15) is 13.6 Å². The van der Waals surface area contributed by atoms with Gasteiger partial charge in [0.2, 0.25) is 0 Å². The number of halogens is 2. The molecule has 1 aliphatic rings. The molecular formula is C20H16F2N4OS. The molecule has 142 valence electrons. The van der Waals surface area contributed by atoms with Crippen LogP contribution in [0.1, 0.15) is 26.4 Å². The smallest absolute Gasteiger partial charge is 0.261 e. The summed E-state index contributed by atoms with van der Waals surface area (Å²) >= 11 is 1.33. The summed E-state index contributed by atoms with van der Waals surface area (Å²) in [6.07, 6.45) is 5.03. The summed E-state index contributed by atoms with van der Waals surface area (Å²) in [5.41, 5.74) is 2.56. The molecule has 1 N–H and O–H groups in total. The first-order valence-corrected chi connectivity index (χ1v) is 9.42. The number of nitrogens with zero attached hydrogens (tertiary/aromatic N) is 3. The first kappa shape index (κ1) is 18.2. The zero-order chi connectivity index (χ0) is 19.5. The summed E-state index contributed by atoms with van der Waals surface area (Å²) in [6.45, 7) is 1.38. The van der Waals surface area contributed by atoms with Crippen LogP contribution in [0.15, 0.2) is 53.8 Å². The molecule has 0 radical (unpaired) electrons. The summed E-state index contributed by atoms with van der Waals surface area (Å²) < 4.78 is 26.5. The van der Waals surface area contributed by atoms with Gasteiger partial charge < -0.3 is 10.2 Å². The third-order valence-electron chi connectivity index (χ3n) is 4.29. The molecule has 0 saturated heterocycles. The first-order chi connectivity index (χ1) is 13.6. The van der Waals surface area contributed by atoms with Crippen LogP contribution in [0.3, 0.4) is 0 Å². The summed E-state index contributed by atoms with van der Waals surface area (Å²) in [5.74, 6) is -1.88. The van der Waals surface area contributed by atoms with Crippen molar-refractivity contribution in [2.24, 2.45) is 4.99 Å². The van der Waals surface area contributed by atoms with Crippen LogP contribution in [0.2, 0.25) is 0 Å². The quantitative estimate of drug-likeness (QED) is 0.706. The standard InChI is InChI=1S/C20H16F2N4OS/c21-16-2-1-14(7-17(16)22)10-26-11-15-8-18(28-20(15)25-12-26)19(27)24-9-13-3-5-23-6-4-13/h1-8,12H,9-11H2,(H,24,27). The van der Waals surface area contributed by atoms with Crippen molar-refractivity contribution in [3.05, 3.63) is 82.0 Å². The Morgan fingerprint density at radius 2 is 1.93 bits per heavy atom. The van der Waals surface area contributed by atoms with Crippen LogP contribution in [0.5, 0.6) is 0 Å². The van der Waals surface area contributed by atoms with Gasteiger partial charge >= 0.3 is 0 Å². The highest BCUT2D eigenvalue weighted by atomic mass is 32.1. The lowest BCUT2D eigenvalue weighted by atomic mass is 10.2. The molecular weight excluding hydrogens is 382 g/mol. The van der Waals surface area contributed by atoms with Crippen LogP contribution in [-0.4, -0.2) is 22.1 Å². The fourth-order valence-electron chi connectivity index (χ4n) is 2.89. The predicted octanol–water partition coefficient (Wildman–Crippen LogP) is 4.03. The Morgan fingerprint density at radius 1 is 1.11 bits per heavy atom. The van der Waals surface area contributed by atoms with Crippen molar-refractivity contribution in [3.8, 4) is 0 Å². The second-order valence-electron chi connectivity index (χ2n) is 6.38. The lowest BCUT2D eigenvalue weighted by Crippen LogP contribution is -2.23. The van der Waals surface area contributed by atoms with E-state index < -0.39 is 11.6 Å². The Balaban J connectivity index is 1.40. The largest absolute Gasteiger partial charge is 0.354 e. The zero-order valence-electron chi connectivity index (χ0n) is 14.7. The summed E-state index contributed by atoms with van der Waals surface area (Å²) in [7, 11) is 0. The van der Waals surface area contributed by atoms with Gasteiger partial charge in [-0.1, -0.05) is 6.07 Å². The van der Waals surface area contributed by atoms with Crippen molar-refractivity contribution in [1.82, 2.24) is 15.2 Å². The van der Waals surface area contributed by atoms with Crippen molar-refractivity contribution in [2.75, 3.05) is 0 Å². The molecule has 3 heterocycles. The number of fused-ring (bicyclic) bond motifs is 1. The molecule has 1 amide bonds. The van der Waals surface area contributed by atoms with E-state index in [-0.39, 0.29) is 5.91 Å². The molecule has 0 unspecified atom stereocenters. The Kier molecular flexibility index (Phi) is 5.12. The van der Waals surface area contributed by atoms with Gasteiger partial charge in [-0.15, -0.1) is 11.3 Å². The highest BCUT2D eigenvalue weighted by Gasteiger charge is 2.19. The highest BCUT2D eigenvalue weighted by Crippen LogP contribution is 2.34. The Labute approximate surface area is 164 Å². The Morgan fingerprint density at radius 3 is 2.71 bits per heavy atom. The van der Waals surface area contributed by atoms with Crippen molar-refractivity contribution < 1.29 is 13.6 Å². The van der Waals surface area contributed by atoms with Gasteiger partial charge in [0.05, 0.1) is 11.2 Å². The van der Waals surface area contributed by atoms with Gasteiger partial charge in [-0.2, -0.15) is 0 Å². The van der Waals surface area contributed by atoms with Gasteiger partial charge in [0, 0.05) is 37.6 Å². The van der Waals surface area contributed by atoms with Crippen molar-refractivity contribution in [3.63, 3.8) is 0 Å². The molecule has 0 fully saturated rings. The second kappa shape index (κ2) is 7.85. The van der Waals surface area contributed by atoms with Gasteiger partial charge in [-0.05, 0) is 41.5 Å². The topological polar surface area (TPSA) is 57.6 Å². The number of aromatic nitrogens is 1. The molecule has 4 rings (SSSR count). The second-order valence-corrected chi connectivity index (χ2v) is 7.41. The maximum atomic E-state index is 13.4. The van der Waals surface area contributed by atoms with Gasteiger partial charge in [-0.25, -0.2) is 13.8 Å².